The first-order chi connectivity index (χ1) is 6.72. The predicted octanol–water partition coefficient (Wildman–Crippen LogP) is 1.52. The number of nitro benzene ring substituents is 1. The zero-order valence-corrected chi connectivity index (χ0v) is 7.77. The smallest absolute Gasteiger partial charge is 0.271 e. The Morgan fingerprint density at radius 3 is 3.00 bits per heavy atom. The summed E-state index contributed by atoms with van der Waals surface area (Å²) >= 11 is 0. The molecule has 1 aliphatic heterocycles. The molecule has 0 fully saturated rings. The van der Waals surface area contributed by atoms with Crippen molar-refractivity contribution in [2.45, 2.75) is 6.42 Å². The first kappa shape index (κ1) is 8.96. The van der Waals surface area contributed by atoms with E-state index in [0.717, 1.165) is 24.2 Å². The fourth-order valence-electron chi connectivity index (χ4n) is 1.64. The van der Waals surface area contributed by atoms with Crippen LogP contribution >= 0.6 is 0 Å². The van der Waals surface area contributed by atoms with Gasteiger partial charge in [0.05, 0.1) is 17.7 Å². The van der Waals surface area contributed by atoms with Crippen LogP contribution in [0.4, 0.5) is 11.4 Å². The molecule has 0 spiro atoms. The SMILES string of the molecule is CON1CCc2ccc([N+](=O)[O-])cc21. The summed E-state index contributed by atoms with van der Waals surface area (Å²) in [6, 6.07) is 4.86. The molecule has 0 radical (unpaired) electrons. The van der Waals surface area contributed by atoms with Crippen LogP contribution in [-0.4, -0.2) is 18.6 Å². The molecule has 1 aromatic rings. The number of rotatable bonds is 2. The number of nitrogens with zero attached hydrogens (tertiary/aromatic N) is 2. The van der Waals surface area contributed by atoms with Gasteiger partial charge in [-0.25, -0.2) is 0 Å². The minimum Gasteiger partial charge on any atom is -0.277 e. The summed E-state index contributed by atoms with van der Waals surface area (Å²) < 4.78 is 0. The first-order valence-electron chi connectivity index (χ1n) is 4.31. The zero-order chi connectivity index (χ0) is 10.1. The van der Waals surface area contributed by atoms with Crippen LogP contribution in [-0.2, 0) is 11.3 Å². The Hall–Kier alpha value is -1.62. The molecule has 0 amide bonds. The molecular formula is C9H10N2O3. The van der Waals surface area contributed by atoms with Crippen LogP contribution < -0.4 is 5.06 Å². The number of anilines is 1. The first-order valence-corrected chi connectivity index (χ1v) is 4.31. The van der Waals surface area contributed by atoms with E-state index in [1.807, 2.05) is 0 Å². The van der Waals surface area contributed by atoms with Crippen molar-refractivity contribution in [1.29, 1.82) is 0 Å². The Labute approximate surface area is 81.0 Å². The maximum atomic E-state index is 10.5. The van der Waals surface area contributed by atoms with Crippen LogP contribution in [0.2, 0.25) is 0 Å². The highest BCUT2D eigenvalue weighted by atomic mass is 16.7. The molecular weight excluding hydrogens is 184 g/mol. The lowest BCUT2D eigenvalue weighted by molar-refractivity contribution is -0.384. The number of hydroxylamine groups is 1. The van der Waals surface area contributed by atoms with Gasteiger partial charge in [0.15, 0.2) is 0 Å². The molecule has 5 heteroatoms. The van der Waals surface area contributed by atoms with E-state index in [4.69, 9.17) is 4.84 Å². The summed E-state index contributed by atoms with van der Waals surface area (Å²) in [4.78, 5) is 15.2. The molecule has 0 aliphatic carbocycles. The van der Waals surface area contributed by atoms with Crippen LogP contribution in [0, 0.1) is 10.1 Å². The lowest BCUT2D eigenvalue weighted by Crippen LogP contribution is -2.18. The molecule has 0 saturated carbocycles. The average molecular weight is 194 g/mol. The van der Waals surface area contributed by atoms with Crippen molar-refractivity contribution >= 4 is 11.4 Å². The molecule has 74 valence electrons. The molecule has 0 aromatic heterocycles. The van der Waals surface area contributed by atoms with Crippen LogP contribution in [0.5, 0.6) is 0 Å². The second-order valence-corrected chi connectivity index (χ2v) is 3.10. The van der Waals surface area contributed by atoms with E-state index in [1.54, 1.807) is 24.3 Å². The molecule has 14 heavy (non-hydrogen) atoms. The van der Waals surface area contributed by atoms with E-state index in [1.165, 1.54) is 6.07 Å². The lowest BCUT2D eigenvalue weighted by Gasteiger charge is -2.14. The second-order valence-electron chi connectivity index (χ2n) is 3.10. The summed E-state index contributed by atoms with van der Waals surface area (Å²) in [7, 11) is 1.56. The van der Waals surface area contributed by atoms with Crippen molar-refractivity contribution in [3.8, 4) is 0 Å². The van der Waals surface area contributed by atoms with Gasteiger partial charge < -0.3 is 0 Å². The van der Waals surface area contributed by atoms with Crippen molar-refractivity contribution < 1.29 is 9.76 Å². The molecule has 0 saturated heterocycles. The van der Waals surface area contributed by atoms with Gasteiger partial charge in [-0.1, -0.05) is 0 Å². The Bertz CT molecular complexity index is 378. The second kappa shape index (κ2) is 3.26. The third kappa shape index (κ3) is 1.31. The Kier molecular flexibility index (Phi) is 2.09. The summed E-state index contributed by atoms with van der Waals surface area (Å²) in [6.07, 6.45) is 0.876. The minimum atomic E-state index is -0.396. The van der Waals surface area contributed by atoms with Gasteiger partial charge in [0.25, 0.3) is 5.69 Å². The molecule has 5 nitrogen and oxygen atoms in total. The number of hydrogen-bond donors (Lipinski definition) is 0. The van der Waals surface area contributed by atoms with E-state index in [0.29, 0.717) is 0 Å². The van der Waals surface area contributed by atoms with Crippen LogP contribution in [0.15, 0.2) is 18.2 Å². The lowest BCUT2D eigenvalue weighted by atomic mass is 10.1. The molecule has 2 rings (SSSR count). The third-order valence-electron chi connectivity index (χ3n) is 2.35. The fraction of sp³-hybridized carbons (Fsp3) is 0.333. The summed E-state index contributed by atoms with van der Waals surface area (Å²) in [5, 5.41) is 12.2. The molecule has 0 N–H and O–H groups in total. The number of nitro groups is 1. The monoisotopic (exact) mass is 194 g/mol. The molecule has 1 aliphatic rings. The molecule has 0 atom stereocenters. The molecule has 1 aromatic carbocycles. The van der Waals surface area contributed by atoms with Crippen LogP contribution in [0.25, 0.3) is 0 Å². The average Bonchev–Trinajstić information content (AvgIpc) is 2.59. The zero-order valence-electron chi connectivity index (χ0n) is 7.77. The van der Waals surface area contributed by atoms with E-state index in [2.05, 4.69) is 0 Å². The third-order valence-corrected chi connectivity index (χ3v) is 2.35. The van der Waals surface area contributed by atoms with Gasteiger partial charge in [-0.15, -0.1) is 0 Å². The quantitative estimate of drug-likeness (QED) is 0.529. The van der Waals surface area contributed by atoms with Crippen molar-refractivity contribution in [3.05, 3.63) is 33.9 Å². The van der Waals surface area contributed by atoms with E-state index in [9.17, 15) is 10.1 Å². The Balaban J connectivity index is 2.42. The topological polar surface area (TPSA) is 55.6 Å². The van der Waals surface area contributed by atoms with Gasteiger partial charge in [-0.3, -0.25) is 20.0 Å². The standard InChI is InChI=1S/C9H10N2O3/c1-14-10-5-4-7-2-3-8(11(12)13)6-9(7)10/h2-3,6H,4-5H2,1H3. The van der Waals surface area contributed by atoms with Crippen molar-refractivity contribution in [2.24, 2.45) is 0 Å². The summed E-state index contributed by atoms with van der Waals surface area (Å²) in [5.41, 5.74) is 2.01. The van der Waals surface area contributed by atoms with Crippen molar-refractivity contribution in [1.82, 2.24) is 0 Å². The highest BCUT2D eigenvalue weighted by Crippen LogP contribution is 2.31. The van der Waals surface area contributed by atoms with Gasteiger partial charge in [0.2, 0.25) is 0 Å². The number of non-ortho nitro benzene ring substituents is 1. The van der Waals surface area contributed by atoms with Gasteiger partial charge in [-0.05, 0) is 18.1 Å². The van der Waals surface area contributed by atoms with E-state index >= 15 is 0 Å². The maximum absolute atomic E-state index is 10.5. The van der Waals surface area contributed by atoms with Crippen LogP contribution in [0.3, 0.4) is 0 Å². The largest absolute Gasteiger partial charge is 0.277 e. The highest BCUT2D eigenvalue weighted by molar-refractivity contribution is 5.60. The molecule has 0 bridgehead atoms. The number of benzene rings is 1. The fourth-order valence-corrected chi connectivity index (χ4v) is 1.64. The highest BCUT2D eigenvalue weighted by Gasteiger charge is 2.21. The van der Waals surface area contributed by atoms with Gasteiger partial charge in [-0.2, -0.15) is 0 Å². The van der Waals surface area contributed by atoms with Crippen molar-refractivity contribution in [3.63, 3.8) is 0 Å². The van der Waals surface area contributed by atoms with E-state index < -0.39 is 4.92 Å². The van der Waals surface area contributed by atoms with Gasteiger partial charge in [0.1, 0.15) is 0 Å². The Morgan fingerprint density at radius 1 is 1.57 bits per heavy atom. The minimum absolute atomic E-state index is 0.104. The predicted molar refractivity (Wildman–Crippen MR) is 51.2 cm³/mol. The summed E-state index contributed by atoms with van der Waals surface area (Å²) in [6.45, 7) is 0.757. The number of fused-ring (bicyclic) bond motifs is 1. The molecule has 0 unspecified atom stereocenters. The maximum Gasteiger partial charge on any atom is 0.271 e. The van der Waals surface area contributed by atoms with Gasteiger partial charge in [0, 0.05) is 18.7 Å². The summed E-state index contributed by atoms with van der Waals surface area (Å²) in [5.74, 6) is 0. The van der Waals surface area contributed by atoms with Crippen LogP contribution in [0.1, 0.15) is 5.56 Å². The van der Waals surface area contributed by atoms with Crippen molar-refractivity contribution in [2.75, 3.05) is 18.7 Å². The van der Waals surface area contributed by atoms with E-state index in [-0.39, 0.29) is 5.69 Å². The number of hydrogen-bond acceptors (Lipinski definition) is 4. The normalized spacial score (nSPS) is 14.2. The van der Waals surface area contributed by atoms with Gasteiger partial charge >= 0.3 is 0 Å². The molecule has 1 heterocycles. The Morgan fingerprint density at radius 2 is 2.36 bits per heavy atom.